The first-order valence-corrected chi connectivity index (χ1v) is 14.7. The lowest BCUT2D eigenvalue weighted by Crippen LogP contribution is -2.51. The fourth-order valence-electron chi connectivity index (χ4n) is 3.55. The maximum atomic E-state index is 12.8. The number of benzene rings is 1. The molecule has 2 heterocycles. The summed E-state index contributed by atoms with van der Waals surface area (Å²) >= 11 is 0. The highest BCUT2D eigenvalue weighted by Crippen LogP contribution is 2.25. The molecule has 3 rings (SSSR count). The van der Waals surface area contributed by atoms with Crippen molar-refractivity contribution in [2.24, 2.45) is 5.92 Å². The van der Waals surface area contributed by atoms with E-state index in [0.29, 0.717) is 25.4 Å². The molecule has 1 saturated heterocycles. The average Bonchev–Trinajstić information content (AvgIpc) is 2.97. The number of amides is 1. The second kappa shape index (κ2) is 23.7. The third kappa shape index (κ3) is 18.7. The number of halogens is 4. The Hall–Kier alpha value is -3.71. The van der Waals surface area contributed by atoms with E-state index in [1.54, 1.807) is 26.0 Å². The smallest absolute Gasteiger partial charge is 0.406 e. The monoisotopic (exact) mass is 624 g/mol. The number of pyridine rings is 1. The van der Waals surface area contributed by atoms with Gasteiger partial charge >= 0.3 is 6.36 Å². The maximum Gasteiger partial charge on any atom is 0.573 e. The van der Waals surface area contributed by atoms with Crippen LogP contribution in [-0.2, 0) is 22.4 Å². The van der Waals surface area contributed by atoms with Crippen LogP contribution < -0.4 is 4.74 Å². The number of carbonyl (C=O) groups is 2. The molecule has 0 unspecified atom stereocenters. The van der Waals surface area contributed by atoms with E-state index in [-0.39, 0.29) is 18.1 Å². The summed E-state index contributed by atoms with van der Waals surface area (Å²) in [5.74, 6) is 1.10. The van der Waals surface area contributed by atoms with Gasteiger partial charge in [-0.3, -0.25) is 14.6 Å². The summed E-state index contributed by atoms with van der Waals surface area (Å²) in [6.07, 6.45) is 6.28. The highest BCUT2D eigenvalue weighted by Gasteiger charge is 2.32. The van der Waals surface area contributed by atoms with Crippen LogP contribution in [0.25, 0.3) is 0 Å². The molecule has 44 heavy (non-hydrogen) atoms. The molecule has 1 aliphatic rings. The molecule has 2 aromatic rings. The Kier molecular flexibility index (Phi) is 22.9. The lowest BCUT2D eigenvalue weighted by atomic mass is 9.88. The van der Waals surface area contributed by atoms with Gasteiger partial charge in [0.05, 0.1) is 0 Å². The molecule has 246 valence electrons. The zero-order valence-electron chi connectivity index (χ0n) is 27.1. The van der Waals surface area contributed by atoms with Crippen molar-refractivity contribution in [3.63, 3.8) is 0 Å². The predicted octanol–water partition coefficient (Wildman–Crippen LogP) is 7.73. The van der Waals surface area contributed by atoms with Crippen molar-refractivity contribution in [1.29, 1.82) is 0 Å². The molecule has 1 amide bonds. The van der Waals surface area contributed by atoms with E-state index in [9.17, 15) is 27.2 Å². The van der Waals surface area contributed by atoms with Crippen molar-refractivity contribution < 1.29 is 37.0 Å². The standard InChI is InChI=1S/C16H21FN2O.C8H7F3O.C4H8O2.C4H6.C2H6/c1-4-5-15-14(11(2)6-7-18-15)8-13-9-19(10-13)16(20)12(3)17;1-6-2-4-7(5-3-6)12-8(9,10)11;1-2-4(6)3-5;1-3-4-2;1-2/h6-7,13H,3-5,8-10H2,1-2H3;2-5H,1H3;5H,2-3H2,1H3;1H,4H2,2H3;1-2H3. The van der Waals surface area contributed by atoms with Crippen molar-refractivity contribution in [1.82, 2.24) is 9.88 Å². The molecule has 10 heteroatoms. The summed E-state index contributed by atoms with van der Waals surface area (Å²) < 4.78 is 51.3. The molecule has 0 atom stereocenters. The first-order valence-electron chi connectivity index (χ1n) is 14.7. The van der Waals surface area contributed by atoms with E-state index >= 15 is 0 Å². The van der Waals surface area contributed by atoms with Crippen LogP contribution in [0, 0.1) is 32.1 Å². The summed E-state index contributed by atoms with van der Waals surface area (Å²) in [6.45, 7) is 17.7. The fraction of sp³-hybridized carbons (Fsp3) is 0.500. The summed E-state index contributed by atoms with van der Waals surface area (Å²) in [4.78, 5) is 27.3. The van der Waals surface area contributed by atoms with Crippen molar-refractivity contribution in [3.05, 3.63) is 71.3 Å². The van der Waals surface area contributed by atoms with Crippen LogP contribution in [0.4, 0.5) is 17.6 Å². The normalized spacial score (nSPS) is 11.7. The number of ether oxygens (including phenoxy) is 1. The number of carbonyl (C=O) groups excluding carboxylic acids is 2. The number of hydrogen-bond acceptors (Lipinski definition) is 5. The predicted molar refractivity (Wildman–Crippen MR) is 168 cm³/mol. The molecule has 0 saturated carbocycles. The molecule has 6 nitrogen and oxygen atoms in total. The number of alkyl halides is 3. The van der Waals surface area contributed by atoms with Gasteiger partial charge in [-0.05, 0) is 61.9 Å². The highest BCUT2D eigenvalue weighted by atomic mass is 19.4. The van der Waals surface area contributed by atoms with Crippen LogP contribution >= 0.6 is 0 Å². The van der Waals surface area contributed by atoms with Gasteiger partial charge in [-0.25, -0.2) is 4.39 Å². The number of Topliss-reactive ketones (excluding diaryl/α,β-unsaturated/α-hetero) is 1. The summed E-state index contributed by atoms with van der Waals surface area (Å²) in [6, 6.07) is 7.70. The number of aliphatic hydroxyl groups excluding tert-OH is 1. The van der Waals surface area contributed by atoms with Crippen LogP contribution in [0.5, 0.6) is 5.75 Å². The van der Waals surface area contributed by atoms with Gasteiger partial charge in [-0.2, -0.15) is 0 Å². The topological polar surface area (TPSA) is 79.7 Å². The van der Waals surface area contributed by atoms with Gasteiger partial charge in [0.1, 0.15) is 12.4 Å². The van der Waals surface area contributed by atoms with E-state index in [4.69, 9.17) is 11.5 Å². The number of aryl methyl sites for hydroxylation is 3. The Bertz CT molecular complexity index is 1150. The Morgan fingerprint density at radius 2 is 1.66 bits per heavy atom. The van der Waals surface area contributed by atoms with Gasteiger partial charge in [-0.1, -0.05) is 65.3 Å². The number of aliphatic hydroxyl groups is 1. The van der Waals surface area contributed by atoms with Crippen molar-refractivity contribution in [3.8, 4) is 18.1 Å². The number of terminal acetylenes is 1. The molecular formula is C34H48F4N2O4. The Morgan fingerprint density at radius 1 is 1.11 bits per heavy atom. The molecule has 1 aromatic heterocycles. The van der Waals surface area contributed by atoms with Crippen molar-refractivity contribution in [2.75, 3.05) is 19.7 Å². The zero-order valence-corrected chi connectivity index (χ0v) is 27.1. The number of hydrogen-bond donors (Lipinski definition) is 1. The highest BCUT2D eigenvalue weighted by molar-refractivity contribution is 5.91. The maximum absolute atomic E-state index is 12.8. The summed E-state index contributed by atoms with van der Waals surface area (Å²) in [5, 5.41) is 7.99. The van der Waals surface area contributed by atoms with Crippen LogP contribution in [0.3, 0.4) is 0 Å². The zero-order chi connectivity index (χ0) is 34.3. The SMILES string of the molecule is C#CCC.C=C(F)C(=O)N1CC(Cc2c(C)ccnc2CCC)C1.CC.CCC(=O)CO.Cc1ccc(OC(F)(F)F)cc1. The number of ketones is 1. The molecule has 0 radical (unpaired) electrons. The van der Waals surface area contributed by atoms with Crippen LogP contribution in [0.2, 0.25) is 0 Å². The third-order valence-electron chi connectivity index (χ3n) is 5.86. The van der Waals surface area contributed by atoms with Gasteiger partial charge in [-0.15, -0.1) is 25.5 Å². The van der Waals surface area contributed by atoms with Gasteiger partial charge in [0, 0.05) is 37.8 Å². The van der Waals surface area contributed by atoms with Crippen molar-refractivity contribution in [2.45, 2.75) is 86.9 Å². The summed E-state index contributed by atoms with van der Waals surface area (Å²) in [5.41, 5.74) is 4.60. The second-order valence-corrected chi connectivity index (χ2v) is 9.46. The summed E-state index contributed by atoms with van der Waals surface area (Å²) in [7, 11) is 0. The lowest BCUT2D eigenvalue weighted by Gasteiger charge is -2.39. The van der Waals surface area contributed by atoms with Crippen LogP contribution in [0.1, 0.15) is 76.3 Å². The Morgan fingerprint density at radius 3 is 2.05 bits per heavy atom. The first-order chi connectivity index (χ1) is 20.7. The molecule has 1 aliphatic heterocycles. The minimum absolute atomic E-state index is 0.102. The van der Waals surface area contributed by atoms with Gasteiger partial charge < -0.3 is 14.7 Å². The second-order valence-electron chi connectivity index (χ2n) is 9.46. The molecule has 0 bridgehead atoms. The third-order valence-corrected chi connectivity index (χ3v) is 5.86. The first kappa shape index (κ1) is 42.4. The van der Waals surface area contributed by atoms with E-state index in [1.807, 2.05) is 33.0 Å². The van der Waals surface area contributed by atoms with Crippen LogP contribution in [0.15, 0.2) is 48.9 Å². The quantitative estimate of drug-likeness (QED) is 0.185. The molecule has 1 fully saturated rings. The minimum atomic E-state index is -4.60. The molecule has 1 N–H and O–H groups in total. The average molecular weight is 625 g/mol. The molecule has 0 spiro atoms. The number of nitrogens with zero attached hydrogens (tertiary/aromatic N) is 2. The number of likely N-dealkylation sites (tertiary alicyclic amines) is 1. The molecule has 0 aliphatic carbocycles. The van der Waals surface area contributed by atoms with Gasteiger partial charge in [0.2, 0.25) is 0 Å². The van der Waals surface area contributed by atoms with E-state index in [1.165, 1.54) is 28.2 Å². The largest absolute Gasteiger partial charge is 0.573 e. The van der Waals surface area contributed by atoms with E-state index in [2.05, 4.69) is 36.1 Å². The number of rotatable bonds is 8. The van der Waals surface area contributed by atoms with Gasteiger partial charge in [0.25, 0.3) is 5.91 Å². The van der Waals surface area contributed by atoms with Gasteiger partial charge in [0.15, 0.2) is 11.6 Å². The van der Waals surface area contributed by atoms with Crippen molar-refractivity contribution >= 4 is 11.7 Å². The van der Waals surface area contributed by atoms with E-state index in [0.717, 1.165) is 36.9 Å². The fourth-order valence-corrected chi connectivity index (χ4v) is 3.55. The molecule has 1 aromatic carbocycles. The van der Waals surface area contributed by atoms with Crippen LogP contribution in [-0.4, -0.2) is 52.7 Å². The Labute approximate surface area is 260 Å². The lowest BCUT2D eigenvalue weighted by molar-refractivity contribution is -0.274. The van der Waals surface area contributed by atoms with E-state index < -0.39 is 18.1 Å². The Balaban J connectivity index is 0. The number of aromatic nitrogens is 1. The minimum Gasteiger partial charge on any atom is -0.406 e. The molecular weight excluding hydrogens is 576 g/mol.